The van der Waals surface area contributed by atoms with Gasteiger partial charge in [0.1, 0.15) is 6.54 Å². The van der Waals surface area contributed by atoms with E-state index in [2.05, 4.69) is 10.0 Å². The highest BCUT2D eigenvalue weighted by Crippen LogP contribution is 2.26. The highest BCUT2D eigenvalue weighted by atomic mass is 35.5. The summed E-state index contributed by atoms with van der Waals surface area (Å²) in [5, 5.41) is 3.03. The summed E-state index contributed by atoms with van der Waals surface area (Å²) in [6.07, 6.45) is 0. The number of hydrogen-bond donors (Lipinski definition) is 2. The lowest BCUT2D eigenvalue weighted by Gasteiger charge is -2.24. The maximum Gasteiger partial charge on any atom is 0.264 e. The Kier molecular flexibility index (Phi) is 8.53. The van der Waals surface area contributed by atoms with Gasteiger partial charge in [0.05, 0.1) is 15.5 Å². The van der Waals surface area contributed by atoms with Crippen molar-refractivity contribution in [3.05, 3.63) is 113 Å². The molecule has 0 fully saturated rings. The Morgan fingerprint density at radius 2 is 1.30 bits per heavy atom. The smallest absolute Gasteiger partial charge is 0.264 e. The number of carbonyl (C=O) groups is 1. The summed E-state index contributed by atoms with van der Waals surface area (Å²) in [6, 6.07) is 23.3. The van der Waals surface area contributed by atoms with Crippen LogP contribution in [-0.4, -0.2) is 29.3 Å². The molecular formula is C29H28ClN3O5S2. The van der Waals surface area contributed by atoms with Gasteiger partial charge in [-0.3, -0.25) is 13.8 Å². The molecule has 4 aromatic carbocycles. The third-order valence-corrected chi connectivity index (χ3v) is 9.66. The van der Waals surface area contributed by atoms with Gasteiger partial charge in [0.15, 0.2) is 0 Å². The summed E-state index contributed by atoms with van der Waals surface area (Å²) >= 11 is 5.93. The number of nitrogens with one attached hydrogen (secondary N) is 2. The van der Waals surface area contributed by atoms with Gasteiger partial charge in [-0.05, 0) is 105 Å². The molecule has 4 rings (SSSR count). The average Bonchev–Trinajstić information content (AvgIpc) is 2.90. The van der Waals surface area contributed by atoms with Crippen LogP contribution in [0.1, 0.15) is 16.7 Å². The van der Waals surface area contributed by atoms with Crippen molar-refractivity contribution in [3.63, 3.8) is 0 Å². The van der Waals surface area contributed by atoms with Crippen LogP contribution in [0, 0.1) is 20.8 Å². The fraction of sp³-hybridized carbons (Fsp3) is 0.138. The van der Waals surface area contributed by atoms with E-state index < -0.39 is 32.5 Å². The second kappa shape index (κ2) is 11.7. The minimum atomic E-state index is -4.11. The molecule has 0 radical (unpaired) electrons. The summed E-state index contributed by atoms with van der Waals surface area (Å²) in [6.45, 7) is 5.19. The molecule has 4 aromatic rings. The Balaban J connectivity index is 1.52. The van der Waals surface area contributed by atoms with E-state index in [9.17, 15) is 21.6 Å². The molecule has 0 spiro atoms. The van der Waals surface area contributed by atoms with Gasteiger partial charge in [0.25, 0.3) is 20.0 Å². The van der Waals surface area contributed by atoms with Crippen LogP contribution in [0.5, 0.6) is 0 Å². The number of aryl methyl sites for hydroxylation is 3. The van der Waals surface area contributed by atoms with Gasteiger partial charge in [0.2, 0.25) is 5.91 Å². The normalized spacial score (nSPS) is 11.6. The van der Waals surface area contributed by atoms with E-state index in [1.807, 2.05) is 26.8 Å². The Hall–Kier alpha value is -3.86. The molecule has 0 aliphatic heterocycles. The van der Waals surface area contributed by atoms with Crippen LogP contribution in [0.25, 0.3) is 0 Å². The number of amides is 1. The molecule has 0 aliphatic rings. The molecule has 8 nitrogen and oxygen atoms in total. The fourth-order valence-corrected chi connectivity index (χ4v) is 6.42. The van der Waals surface area contributed by atoms with Crippen LogP contribution in [-0.2, 0) is 24.8 Å². The van der Waals surface area contributed by atoms with Crippen molar-refractivity contribution in [1.82, 2.24) is 0 Å². The van der Waals surface area contributed by atoms with Crippen LogP contribution < -0.4 is 14.3 Å². The van der Waals surface area contributed by atoms with E-state index in [0.29, 0.717) is 22.1 Å². The molecule has 0 unspecified atom stereocenters. The van der Waals surface area contributed by atoms with E-state index in [0.717, 1.165) is 21.0 Å². The summed E-state index contributed by atoms with van der Waals surface area (Å²) in [5.41, 5.74) is 4.00. The highest BCUT2D eigenvalue weighted by molar-refractivity contribution is 7.93. The lowest BCUT2D eigenvalue weighted by atomic mass is 10.1. The van der Waals surface area contributed by atoms with Crippen molar-refractivity contribution in [2.24, 2.45) is 0 Å². The lowest BCUT2D eigenvalue weighted by molar-refractivity contribution is -0.114. The van der Waals surface area contributed by atoms with Gasteiger partial charge in [-0.25, -0.2) is 16.8 Å². The average molecular weight is 598 g/mol. The molecule has 0 atom stereocenters. The molecule has 0 heterocycles. The largest absolute Gasteiger partial charge is 0.325 e. The second-order valence-corrected chi connectivity index (χ2v) is 13.3. The SMILES string of the molecule is Cc1ccc(N(CC(=O)Nc2ccc(S(=O)(=O)Nc3ccc(C)c(C)c3)cc2)S(=O)(=O)c2ccc(Cl)cc2)cc1. The zero-order valence-electron chi connectivity index (χ0n) is 22.1. The first-order chi connectivity index (χ1) is 18.8. The predicted molar refractivity (Wildman–Crippen MR) is 159 cm³/mol. The molecule has 0 bridgehead atoms. The molecule has 0 saturated heterocycles. The van der Waals surface area contributed by atoms with Crippen LogP contribution >= 0.6 is 11.6 Å². The Morgan fingerprint density at radius 1 is 0.725 bits per heavy atom. The van der Waals surface area contributed by atoms with Crippen molar-refractivity contribution < 1.29 is 21.6 Å². The standard InChI is InChI=1S/C29H28ClN3O5S2/c1-20-4-12-26(13-5-20)33(40(37,38)28-14-7-23(30)8-15-28)19-29(34)31-24-10-16-27(17-11-24)39(35,36)32-25-9-6-21(2)22(3)18-25/h4-18,32H,19H2,1-3H3,(H,31,34). The molecule has 11 heteroatoms. The number of sulfonamides is 2. The van der Waals surface area contributed by atoms with Gasteiger partial charge < -0.3 is 5.32 Å². The van der Waals surface area contributed by atoms with E-state index in [4.69, 9.17) is 11.6 Å². The van der Waals surface area contributed by atoms with Crippen molar-refractivity contribution in [2.75, 3.05) is 20.9 Å². The van der Waals surface area contributed by atoms with Crippen LogP contribution in [0.15, 0.2) is 101 Å². The maximum atomic E-state index is 13.5. The highest BCUT2D eigenvalue weighted by Gasteiger charge is 2.27. The van der Waals surface area contributed by atoms with E-state index >= 15 is 0 Å². The van der Waals surface area contributed by atoms with Crippen molar-refractivity contribution in [2.45, 2.75) is 30.6 Å². The first-order valence-corrected chi connectivity index (χ1v) is 15.5. The van der Waals surface area contributed by atoms with Gasteiger partial charge in [0, 0.05) is 16.4 Å². The number of nitrogens with zero attached hydrogens (tertiary/aromatic N) is 1. The van der Waals surface area contributed by atoms with Gasteiger partial charge in [-0.2, -0.15) is 0 Å². The number of halogens is 1. The quantitative estimate of drug-likeness (QED) is 0.249. The van der Waals surface area contributed by atoms with E-state index in [-0.39, 0.29) is 9.79 Å². The molecule has 1 amide bonds. The molecule has 40 heavy (non-hydrogen) atoms. The zero-order valence-corrected chi connectivity index (χ0v) is 24.4. The Morgan fingerprint density at radius 3 is 1.90 bits per heavy atom. The number of benzene rings is 4. The van der Waals surface area contributed by atoms with Crippen LogP contribution in [0.2, 0.25) is 5.02 Å². The first kappa shape index (κ1) is 29.1. The Labute approximate surface area is 239 Å². The third kappa shape index (κ3) is 6.82. The molecule has 0 saturated carbocycles. The minimum absolute atomic E-state index is 0.00956. The van der Waals surface area contributed by atoms with Gasteiger partial charge >= 0.3 is 0 Å². The van der Waals surface area contributed by atoms with E-state index in [1.54, 1.807) is 36.4 Å². The fourth-order valence-electron chi connectivity index (χ4n) is 3.83. The predicted octanol–water partition coefficient (Wildman–Crippen LogP) is 5.90. The molecule has 2 N–H and O–H groups in total. The van der Waals surface area contributed by atoms with Gasteiger partial charge in [-0.1, -0.05) is 35.4 Å². The maximum absolute atomic E-state index is 13.5. The Bertz CT molecular complexity index is 1740. The number of rotatable bonds is 9. The first-order valence-electron chi connectivity index (χ1n) is 12.2. The number of anilines is 3. The number of carbonyl (C=O) groups excluding carboxylic acids is 1. The third-order valence-electron chi connectivity index (χ3n) is 6.22. The topological polar surface area (TPSA) is 113 Å². The van der Waals surface area contributed by atoms with Crippen LogP contribution in [0.4, 0.5) is 17.1 Å². The zero-order chi connectivity index (χ0) is 29.1. The van der Waals surface area contributed by atoms with Crippen LogP contribution in [0.3, 0.4) is 0 Å². The van der Waals surface area contributed by atoms with Crippen molar-refractivity contribution >= 4 is 54.6 Å². The van der Waals surface area contributed by atoms with Crippen molar-refractivity contribution in [1.29, 1.82) is 0 Å². The summed E-state index contributed by atoms with van der Waals surface area (Å²) in [7, 11) is -7.97. The summed E-state index contributed by atoms with van der Waals surface area (Å²) in [5.74, 6) is -0.609. The molecule has 208 valence electrons. The van der Waals surface area contributed by atoms with Crippen molar-refractivity contribution in [3.8, 4) is 0 Å². The van der Waals surface area contributed by atoms with Gasteiger partial charge in [-0.15, -0.1) is 0 Å². The summed E-state index contributed by atoms with van der Waals surface area (Å²) < 4.78 is 56.2. The molecule has 0 aromatic heterocycles. The minimum Gasteiger partial charge on any atom is -0.325 e. The molecule has 0 aliphatic carbocycles. The monoisotopic (exact) mass is 597 g/mol. The lowest BCUT2D eigenvalue weighted by Crippen LogP contribution is -2.38. The second-order valence-electron chi connectivity index (χ2n) is 9.28. The molecular weight excluding hydrogens is 570 g/mol. The van der Waals surface area contributed by atoms with E-state index in [1.165, 1.54) is 48.5 Å². The number of hydrogen-bond acceptors (Lipinski definition) is 5. The summed E-state index contributed by atoms with van der Waals surface area (Å²) in [4.78, 5) is 13.0.